The first-order valence-electron chi connectivity index (χ1n) is 9.33. The molecule has 3 aliphatic heterocycles. The number of amides is 1. The number of nitrogens with one attached hydrogen (secondary N) is 1. The molecule has 1 aromatic carbocycles. The van der Waals surface area contributed by atoms with Crippen molar-refractivity contribution >= 4 is 17.4 Å². The molecule has 0 aliphatic carbocycles. The molecule has 0 radical (unpaired) electrons. The third kappa shape index (κ3) is 3.58. The summed E-state index contributed by atoms with van der Waals surface area (Å²) >= 11 is 0. The van der Waals surface area contributed by atoms with Crippen LogP contribution in [0.1, 0.15) is 45.0 Å². The van der Waals surface area contributed by atoms with Crippen LogP contribution in [-0.2, 0) is 28.5 Å². The maximum atomic E-state index is 13.0. The van der Waals surface area contributed by atoms with Crippen LogP contribution in [0, 0.1) is 0 Å². The predicted octanol–water partition coefficient (Wildman–Crippen LogP) is 2.22. The van der Waals surface area contributed by atoms with Crippen LogP contribution in [0.25, 0.3) is 0 Å². The molecule has 152 valence electrons. The Hall–Kier alpha value is -1.84. The second kappa shape index (κ2) is 6.60. The highest BCUT2D eigenvalue weighted by Crippen LogP contribution is 2.44. The Balaban J connectivity index is 1.57. The van der Waals surface area contributed by atoms with Crippen molar-refractivity contribution in [2.24, 2.45) is 0 Å². The smallest absolute Gasteiger partial charge is 0.256 e. The van der Waals surface area contributed by atoms with E-state index in [1.54, 1.807) is 52.0 Å². The van der Waals surface area contributed by atoms with Crippen LogP contribution in [-0.4, -0.2) is 54.0 Å². The Kier molecular flexibility index (Phi) is 4.59. The van der Waals surface area contributed by atoms with Gasteiger partial charge in [0.2, 0.25) is 0 Å². The Morgan fingerprint density at radius 1 is 0.929 bits per heavy atom. The summed E-state index contributed by atoms with van der Waals surface area (Å²) in [6, 6.07) is 6.73. The maximum absolute atomic E-state index is 13.0. The fourth-order valence-corrected chi connectivity index (χ4v) is 3.85. The highest BCUT2D eigenvalue weighted by atomic mass is 16.9. The van der Waals surface area contributed by atoms with E-state index in [1.165, 1.54) is 6.92 Å². The number of anilines is 1. The van der Waals surface area contributed by atoms with E-state index in [1.807, 2.05) is 0 Å². The van der Waals surface area contributed by atoms with E-state index in [-0.39, 0.29) is 5.78 Å². The highest BCUT2D eigenvalue weighted by Gasteiger charge is 2.62. The summed E-state index contributed by atoms with van der Waals surface area (Å²) in [6.07, 6.45) is -3.34. The minimum atomic E-state index is -0.952. The summed E-state index contributed by atoms with van der Waals surface area (Å²) in [6.45, 7) is 8.61. The lowest BCUT2D eigenvalue weighted by atomic mass is 9.98. The van der Waals surface area contributed by atoms with Crippen LogP contribution in [0.3, 0.4) is 0 Å². The van der Waals surface area contributed by atoms with Crippen LogP contribution >= 0.6 is 0 Å². The molecule has 0 bridgehead atoms. The number of hydrogen-bond donors (Lipinski definition) is 1. The zero-order valence-electron chi connectivity index (χ0n) is 16.6. The molecule has 0 unspecified atom stereocenters. The third-order valence-electron chi connectivity index (χ3n) is 4.95. The van der Waals surface area contributed by atoms with E-state index in [4.69, 9.17) is 23.7 Å². The van der Waals surface area contributed by atoms with Gasteiger partial charge < -0.3 is 29.0 Å². The minimum absolute atomic E-state index is 0.0825. The van der Waals surface area contributed by atoms with Crippen molar-refractivity contribution in [1.82, 2.24) is 0 Å². The van der Waals surface area contributed by atoms with Gasteiger partial charge in [0.1, 0.15) is 18.3 Å². The number of Topliss-reactive ketones (excluding diaryl/α,β-unsaturated/α-hetero) is 1. The fourth-order valence-electron chi connectivity index (χ4n) is 3.85. The zero-order valence-corrected chi connectivity index (χ0v) is 16.6. The van der Waals surface area contributed by atoms with Gasteiger partial charge in [0, 0.05) is 11.3 Å². The molecule has 3 saturated heterocycles. The lowest BCUT2D eigenvalue weighted by molar-refractivity contribution is -0.229. The minimum Gasteiger partial charge on any atom is -0.342 e. The van der Waals surface area contributed by atoms with Gasteiger partial charge in [0.15, 0.2) is 29.8 Å². The van der Waals surface area contributed by atoms with Gasteiger partial charge in [-0.1, -0.05) is 12.1 Å². The quantitative estimate of drug-likeness (QED) is 0.790. The van der Waals surface area contributed by atoms with Crippen molar-refractivity contribution in [3.8, 4) is 0 Å². The van der Waals surface area contributed by atoms with E-state index >= 15 is 0 Å². The van der Waals surface area contributed by atoms with E-state index in [2.05, 4.69) is 5.32 Å². The molecule has 8 heteroatoms. The summed E-state index contributed by atoms with van der Waals surface area (Å²) in [5.41, 5.74) is 1.01. The van der Waals surface area contributed by atoms with E-state index < -0.39 is 48.2 Å². The number of carbonyl (C=O) groups is 2. The molecule has 1 N–H and O–H groups in total. The number of hydrogen-bond acceptors (Lipinski definition) is 7. The molecule has 1 amide bonds. The number of benzene rings is 1. The van der Waals surface area contributed by atoms with Crippen LogP contribution < -0.4 is 5.32 Å². The molecule has 3 fully saturated rings. The second-order valence-electron chi connectivity index (χ2n) is 8.22. The summed E-state index contributed by atoms with van der Waals surface area (Å²) in [4.78, 5) is 24.6. The Bertz CT molecular complexity index is 805. The Morgan fingerprint density at radius 2 is 1.57 bits per heavy atom. The van der Waals surface area contributed by atoms with Gasteiger partial charge in [-0.05, 0) is 46.8 Å². The first-order chi connectivity index (χ1) is 13.0. The van der Waals surface area contributed by atoms with Crippen LogP contribution in [0.4, 0.5) is 5.69 Å². The lowest BCUT2D eigenvalue weighted by Gasteiger charge is -2.36. The van der Waals surface area contributed by atoms with Crippen molar-refractivity contribution in [3.63, 3.8) is 0 Å². The average Bonchev–Trinajstić information content (AvgIpc) is 3.08. The van der Waals surface area contributed by atoms with Gasteiger partial charge in [-0.25, -0.2) is 0 Å². The molecular weight excluding hydrogens is 366 g/mol. The Labute approximate surface area is 163 Å². The largest absolute Gasteiger partial charge is 0.342 e. The first-order valence-corrected chi connectivity index (χ1v) is 9.33. The molecule has 0 aromatic heterocycles. The summed E-state index contributed by atoms with van der Waals surface area (Å²) in [5.74, 6) is -2.21. The van der Waals surface area contributed by atoms with Crippen molar-refractivity contribution in [2.75, 3.05) is 5.32 Å². The SMILES string of the molecule is CC(=O)c1cccc(NC(=O)[C@H]2O[C@H]3OC(C)(C)O[C@@H]3[C@H]3OC(C)(C)O[C@H]32)c1. The molecule has 0 saturated carbocycles. The second-order valence-corrected chi connectivity index (χ2v) is 8.22. The zero-order chi connectivity index (χ0) is 20.3. The van der Waals surface area contributed by atoms with Gasteiger partial charge in [-0.15, -0.1) is 0 Å². The van der Waals surface area contributed by atoms with Crippen LogP contribution in [0.5, 0.6) is 0 Å². The first kappa shape index (κ1) is 19.5. The van der Waals surface area contributed by atoms with E-state index in [0.29, 0.717) is 11.3 Å². The lowest BCUT2D eigenvalue weighted by Crippen LogP contribution is -2.58. The molecule has 8 nitrogen and oxygen atoms in total. The van der Waals surface area contributed by atoms with Crippen LogP contribution in [0.2, 0.25) is 0 Å². The summed E-state index contributed by atoms with van der Waals surface area (Å²) in [5, 5.41) is 2.80. The maximum Gasteiger partial charge on any atom is 0.256 e. The standard InChI is InChI=1S/C20H25NO7/c1-10(22)11-7-6-8-12(9-11)21-17(23)15-13-14(26-19(2,3)25-13)16-18(24-15)28-20(4,5)27-16/h6-9,13-16,18H,1-5H3,(H,21,23)/t13-,14+,15+,16-,18+/m1/s1. The number of rotatable bonds is 3. The monoisotopic (exact) mass is 391 g/mol. The molecule has 4 rings (SSSR count). The van der Waals surface area contributed by atoms with Gasteiger partial charge >= 0.3 is 0 Å². The van der Waals surface area contributed by atoms with Crippen molar-refractivity contribution in [1.29, 1.82) is 0 Å². The van der Waals surface area contributed by atoms with Crippen molar-refractivity contribution < 1.29 is 33.3 Å². The van der Waals surface area contributed by atoms with Gasteiger partial charge in [0.05, 0.1) is 0 Å². The highest BCUT2D eigenvalue weighted by molar-refractivity contribution is 5.98. The third-order valence-corrected chi connectivity index (χ3v) is 4.95. The molecule has 1 aromatic rings. The van der Waals surface area contributed by atoms with Gasteiger partial charge in [-0.3, -0.25) is 9.59 Å². The summed E-state index contributed by atoms with van der Waals surface area (Å²) in [7, 11) is 0. The topological polar surface area (TPSA) is 92.3 Å². The predicted molar refractivity (Wildman–Crippen MR) is 97.6 cm³/mol. The number of ether oxygens (including phenoxy) is 5. The molecule has 3 heterocycles. The number of ketones is 1. The normalized spacial score (nSPS) is 35.1. The van der Waals surface area contributed by atoms with E-state index in [9.17, 15) is 9.59 Å². The van der Waals surface area contributed by atoms with Gasteiger partial charge in [-0.2, -0.15) is 0 Å². The molecule has 0 spiro atoms. The van der Waals surface area contributed by atoms with Crippen molar-refractivity contribution in [3.05, 3.63) is 29.8 Å². The Morgan fingerprint density at radius 3 is 2.29 bits per heavy atom. The molecular formula is C20H25NO7. The number of carbonyl (C=O) groups excluding carboxylic acids is 2. The number of fused-ring (bicyclic) bond motifs is 3. The summed E-state index contributed by atoms with van der Waals surface area (Å²) < 4.78 is 29.6. The average molecular weight is 391 g/mol. The molecule has 28 heavy (non-hydrogen) atoms. The molecule has 5 atom stereocenters. The van der Waals surface area contributed by atoms with E-state index in [0.717, 1.165) is 0 Å². The van der Waals surface area contributed by atoms with Gasteiger partial charge in [0.25, 0.3) is 5.91 Å². The van der Waals surface area contributed by atoms with Crippen LogP contribution in [0.15, 0.2) is 24.3 Å². The fraction of sp³-hybridized carbons (Fsp3) is 0.600. The van der Waals surface area contributed by atoms with Crippen molar-refractivity contribution in [2.45, 2.75) is 76.9 Å². The molecule has 3 aliphatic rings.